The maximum atomic E-state index is 4.59. The normalized spacial score (nSPS) is 20.7. The van der Waals surface area contributed by atoms with Crippen LogP contribution >= 0.6 is 0 Å². The second-order valence-electron chi connectivity index (χ2n) is 4.55. The highest BCUT2D eigenvalue weighted by Gasteiger charge is 2.16. The van der Waals surface area contributed by atoms with Gasteiger partial charge in [-0.25, -0.2) is 4.98 Å². The fourth-order valence-electron chi connectivity index (χ4n) is 2.56. The fourth-order valence-corrected chi connectivity index (χ4v) is 2.56. The molecule has 3 heteroatoms. The maximum Gasteiger partial charge on any atom is 0.106 e. The van der Waals surface area contributed by atoms with E-state index < -0.39 is 0 Å². The highest BCUT2D eigenvalue weighted by molar-refractivity contribution is 5.75. The average molecular weight is 215 g/mol. The quantitative estimate of drug-likeness (QED) is 0.831. The summed E-state index contributed by atoms with van der Waals surface area (Å²) in [6.45, 7) is 4.30. The number of nitrogens with one attached hydrogen (secondary N) is 1. The first-order chi connectivity index (χ1) is 7.84. The van der Waals surface area contributed by atoms with E-state index in [1.807, 2.05) is 6.07 Å². The predicted molar refractivity (Wildman–Crippen MR) is 65.5 cm³/mol. The molecule has 0 spiro atoms. The summed E-state index contributed by atoms with van der Waals surface area (Å²) in [6, 6.07) is 9.00. The Morgan fingerprint density at radius 3 is 3.12 bits per heavy atom. The molecule has 84 valence electrons. The van der Waals surface area contributed by atoms with E-state index in [4.69, 9.17) is 0 Å². The van der Waals surface area contributed by atoms with Gasteiger partial charge in [-0.1, -0.05) is 12.1 Å². The number of benzene rings is 1. The molecular weight excluding hydrogens is 198 g/mol. The molecule has 1 aromatic carbocycles. The smallest absolute Gasteiger partial charge is 0.106 e. The number of hydrogen-bond acceptors (Lipinski definition) is 2. The number of rotatable bonds is 2. The Morgan fingerprint density at radius 1 is 1.44 bits per heavy atom. The number of aryl methyl sites for hydroxylation is 1. The molecule has 0 aliphatic carbocycles. The van der Waals surface area contributed by atoms with Crippen molar-refractivity contribution in [1.82, 2.24) is 14.9 Å². The summed E-state index contributed by atoms with van der Waals surface area (Å²) in [4.78, 5) is 4.59. The number of hydrogen-bond donors (Lipinski definition) is 1. The molecule has 1 aliphatic rings. The van der Waals surface area contributed by atoms with E-state index in [0.717, 1.165) is 24.4 Å². The van der Waals surface area contributed by atoms with E-state index in [2.05, 4.69) is 40.0 Å². The van der Waals surface area contributed by atoms with Gasteiger partial charge in [0.1, 0.15) is 5.82 Å². The molecule has 2 aromatic rings. The fraction of sp³-hybridized carbons (Fsp3) is 0.462. The molecule has 1 N–H and O–H groups in total. The van der Waals surface area contributed by atoms with Crippen molar-refractivity contribution >= 4 is 11.0 Å². The Labute approximate surface area is 95.5 Å². The molecule has 0 bridgehead atoms. The molecule has 0 saturated carbocycles. The third-order valence-corrected chi connectivity index (χ3v) is 3.41. The SMILES string of the molecule is Cc1nc2ccccc2n1C[C@@H]1CCCN1. The van der Waals surface area contributed by atoms with Crippen LogP contribution in [0.2, 0.25) is 0 Å². The molecule has 1 aliphatic heterocycles. The topological polar surface area (TPSA) is 29.9 Å². The minimum atomic E-state index is 0.622. The van der Waals surface area contributed by atoms with Gasteiger partial charge >= 0.3 is 0 Å². The van der Waals surface area contributed by atoms with Crippen LogP contribution in [0.15, 0.2) is 24.3 Å². The van der Waals surface area contributed by atoms with Crippen molar-refractivity contribution in [3.05, 3.63) is 30.1 Å². The van der Waals surface area contributed by atoms with Crippen LogP contribution < -0.4 is 5.32 Å². The van der Waals surface area contributed by atoms with Gasteiger partial charge in [0.05, 0.1) is 11.0 Å². The molecule has 1 saturated heterocycles. The van der Waals surface area contributed by atoms with Gasteiger partial charge in [-0.3, -0.25) is 0 Å². The van der Waals surface area contributed by atoms with Crippen LogP contribution in [0.3, 0.4) is 0 Å². The van der Waals surface area contributed by atoms with Gasteiger partial charge < -0.3 is 9.88 Å². The van der Waals surface area contributed by atoms with Crippen LogP contribution in [-0.4, -0.2) is 22.1 Å². The zero-order chi connectivity index (χ0) is 11.0. The molecule has 1 fully saturated rings. The van der Waals surface area contributed by atoms with E-state index in [1.54, 1.807) is 0 Å². The lowest BCUT2D eigenvalue weighted by atomic mass is 10.2. The number of fused-ring (bicyclic) bond motifs is 1. The molecular formula is C13H17N3. The van der Waals surface area contributed by atoms with Gasteiger partial charge in [-0.2, -0.15) is 0 Å². The number of nitrogens with zero attached hydrogens (tertiary/aromatic N) is 2. The molecule has 1 aromatic heterocycles. The minimum absolute atomic E-state index is 0.622. The molecule has 3 nitrogen and oxygen atoms in total. The van der Waals surface area contributed by atoms with E-state index in [-0.39, 0.29) is 0 Å². The molecule has 1 atom stereocenters. The summed E-state index contributed by atoms with van der Waals surface area (Å²) >= 11 is 0. The first-order valence-electron chi connectivity index (χ1n) is 6.00. The van der Waals surface area contributed by atoms with Crippen molar-refractivity contribution in [2.75, 3.05) is 6.54 Å². The highest BCUT2D eigenvalue weighted by Crippen LogP contribution is 2.17. The maximum absolute atomic E-state index is 4.59. The van der Waals surface area contributed by atoms with Crippen molar-refractivity contribution in [3.63, 3.8) is 0 Å². The van der Waals surface area contributed by atoms with Crippen molar-refractivity contribution in [2.24, 2.45) is 0 Å². The van der Waals surface area contributed by atoms with E-state index in [9.17, 15) is 0 Å². The second kappa shape index (κ2) is 3.91. The minimum Gasteiger partial charge on any atom is -0.327 e. The predicted octanol–water partition coefficient (Wildman–Crippen LogP) is 2.10. The van der Waals surface area contributed by atoms with Crippen LogP contribution in [0.25, 0.3) is 11.0 Å². The Hall–Kier alpha value is -1.35. The number of aromatic nitrogens is 2. The Kier molecular flexibility index (Phi) is 2.40. The van der Waals surface area contributed by atoms with Crippen LogP contribution in [0.5, 0.6) is 0 Å². The highest BCUT2D eigenvalue weighted by atomic mass is 15.1. The van der Waals surface area contributed by atoms with Crippen LogP contribution in [-0.2, 0) is 6.54 Å². The Bertz CT molecular complexity index is 495. The van der Waals surface area contributed by atoms with E-state index in [1.165, 1.54) is 18.4 Å². The Balaban J connectivity index is 1.98. The number of para-hydroxylation sites is 2. The van der Waals surface area contributed by atoms with Gasteiger partial charge in [0, 0.05) is 12.6 Å². The summed E-state index contributed by atoms with van der Waals surface area (Å²) in [7, 11) is 0. The van der Waals surface area contributed by atoms with Crippen molar-refractivity contribution in [2.45, 2.75) is 32.4 Å². The number of imidazole rings is 1. The van der Waals surface area contributed by atoms with Gasteiger partial charge in [0.15, 0.2) is 0 Å². The van der Waals surface area contributed by atoms with Crippen molar-refractivity contribution < 1.29 is 0 Å². The van der Waals surface area contributed by atoms with E-state index in [0.29, 0.717) is 6.04 Å². The summed E-state index contributed by atoms with van der Waals surface area (Å²) in [5.41, 5.74) is 2.37. The lowest BCUT2D eigenvalue weighted by Gasteiger charge is -2.13. The zero-order valence-electron chi connectivity index (χ0n) is 9.61. The molecule has 3 rings (SSSR count). The van der Waals surface area contributed by atoms with Crippen molar-refractivity contribution in [1.29, 1.82) is 0 Å². The zero-order valence-corrected chi connectivity index (χ0v) is 9.61. The van der Waals surface area contributed by atoms with Crippen molar-refractivity contribution in [3.8, 4) is 0 Å². The average Bonchev–Trinajstić information content (AvgIpc) is 2.89. The summed E-state index contributed by atoms with van der Waals surface area (Å²) in [5, 5.41) is 3.54. The first kappa shape index (κ1) is 9.85. The van der Waals surface area contributed by atoms with E-state index >= 15 is 0 Å². The second-order valence-corrected chi connectivity index (χ2v) is 4.55. The molecule has 0 unspecified atom stereocenters. The molecule has 16 heavy (non-hydrogen) atoms. The first-order valence-corrected chi connectivity index (χ1v) is 6.00. The third-order valence-electron chi connectivity index (χ3n) is 3.41. The van der Waals surface area contributed by atoms with Gasteiger partial charge in [0.25, 0.3) is 0 Å². The molecule has 2 heterocycles. The summed E-state index contributed by atoms with van der Waals surface area (Å²) < 4.78 is 2.33. The molecule has 0 radical (unpaired) electrons. The largest absolute Gasteiger partial charge is 0.327 e. The van der Waals surface area contributed by atoms with Crippen LogP contribution in [0, 0.1) is 6.92 Å². The monoisotopic (exact) mass is 215 g/mol. The summed E-state index contributed by atoms with van der Waals surface area (Å²) in [6.07, 6.45) is 2.59. The van der Waals surface area contributed by atoms with Crippen LogP contribution in [0.1, 0.15) is 18.7 Å². The van der Waals surface area contributed by atoms with Gasteiger partial charge in [0.2, 0.25) is 0 Å². The third kappa shape index (κ3) is 1.61. The van der Waals surface area contributed by atoms with Crippen LogP contribution in [0.4, 0.5) is 0 Å². The lowest BCUT2D eigenvalue weighted by Crippen LogP contribution is -2.27. The summed E-state index contributed by atoms with van der Waals surface area (Å²) in [5.74, 6) is 1.12. The molecule has 0 amide bonds. The standard InChI is InChI=1S/C13H17N3/c1-10-15-12-6-2-3-7-13(12)16(10)9-11-5-4-8-14-11/h2-3,6-7,11,14H,4-5,8-9H2,1H3/t11-/m0/s1. The lowest BCUT2D eigenvalue weighted by molar-refractivity contribution is 0.510. The Morgan fingerprint density at radius 2 is 2.31 bits per heavy atom. The van der Waals surface area contributed by atoms with Gasteiger partial charge in [-0.05, 0) is 38.4 Å². The van der Waals surface area contributed by atoms with Gasteiger partial charge in [-0.15, -0.1) is 0 Å².